The second kappa shape index (κ2) is 6.61. The van der Waals surface area contributed by atoms with Crippen molar-refractivity contribution >= 4 is 11.6 Å². The molecule has 0 heterocycles. The summed E-state index contributed by atoms with van der Waals surface area (Å²) < 4.78 is 5.17. The standard InChI is InChI=1S/C16H18N2O2/c1-18(14-9-6-10-15(12-14)20-2)17-16(19)11-13-7-4-3-5-8-13/h3-10,12H,11H2,1-2H3,(H,17,19). The quantitative estimate of drug-likeness (QED) is 0.848. The molecule has 0 aliphatic rings. The summed E-state index contributed by atoms with van der Waals surface area (Å²) in [4.78, 5) is 12.0. The topological polar surface area (TPSA) is 41.6 Å². The van der Waals surface area contributed by atoms with Crippen LogP contribution in [0.1, 0.15) is 5.56 Å². The Labute approximate surface area is 119 Å². The Bertz CT molecular complexity index is 570. The van der Waals surface area contributed by atoms with Gasteiger partial charge in [-0.15, -0.1) is 0 Å². The highest BCUT2D eigenvalue weighted by Gasteiger charge is 2.07. The van der Waals surface area contributed by atoms with E-state index in [2.05, 4.69) is 5.43 Å². The minimum atomic E-state index is -0.0541. The number of rotatable bonds is 5. The first-order chi connectivity index (χ1) is 9.69. The number of carbonyl (C=O) groups excluding carboxylic acids is 1. The van der Waals surface area contributed by atoms with Crippen molar-refractivity contribution in [1.82, 2.24) is 5.43 Å². The minimum absolute atomic E-state index is 0.0541. The van der Waals surface area contributed by atoms with E-state index in [0.717, 1.165) is 17.0 Å². The van der Waals surface area contributed by atoms with Gasteiger partial charge >= 0.3 is 0 Å². The summed E-state index contributed by atoms with van der Waals surface area (Å²) in [5.41, 5.74) is 4.69. The van der Waals surface area contributed by atoms with Gasteiger partial charge in [0.2, 0.25) is 5.91 Å². The third-order valence-corrected chi connectivity index (χ3v) is 2.94. The average molecular weight is 270 g/mol. The first-order valence-corrected chi connectivity index (χ1v) is 6.40. The smallest absolute Gasteiger partial charge is 0.242 e. The van der Waals surface area contributed by atoms with E-state index in [-0.39, 0.29) is 5.91 Å². The number of carbonyl (C=O) groups is 1. The molecule has 0 aliphatic carbocycles. The summed E-state index contributed by atoms with van der Waals surface area (Å²) in [5.74, 6) is 0.702. The molecule has 0 saturated heterocycles. The monoisotopic (exact) mass is 270 g/mol. The number of amides is 1. The number of ether oxygens (including phenoxy) is 1. The fraction of sp³-hybridized carbons (Fsp3) is 0.188. The van der Waals surface area contributed by atoms with Crippen LogP contribution < -0.4 is 15.2 Å². The van der Waals surface area contributed by atoms with Gasteiger partial charge in [-0.2, -0.15) is 0 Å². The highest BCUT2D eigenvalue weighted by Crippen LogP contribution is 2.18. The van der Waals surface area contributed by atoms with Crippen molar-refractivity contribution < 1.29 is 9.53 Å². The Kier molecular flexibility index (Phi) is 4.60. The number of benzene rings is 2. The molecule has 4 nitrogen and oxygen atoms in total. The maximum absolute atomic E-state index is 12.0. The lowest BCUT2D eigenvalue weighted by atomic mass is 10.1. The van der Waals surface area contributed by atoms with Crippen molar-refractivity contribution in [1.29, 1.82) is 0 Å². The van der Waals surface area contributed by atoms with Crippen LogP contribution in [0.15, 0.2) is 54.6 Å². The summed E-state index contributed by atoms with van der Waals surface area (Å²) >= 11 is 0. The van der Waals surface area contributed by atoms with Crippen molar-refractivity contribution in [3.8, 4) is 5.75 Å². The molecule has 2 aromatic rings. The number of hydrogen-bond donors (Lipinski definition) is 1. The Morgan fingerprint density at radius 3 is 2.60 bits per heavy atom. The Morgan fingerprint density at radius 1 is 1.15 bits per heavy atom. The van der Waals surface area contributed by atoms with Crippen LogP contribution in [-0.2, 0) is 11.2 Å². The van der Waals surface area contributed by atoms with E-state index in [9.17, 15) is 4.79 Å². The van der Waals surface area contributed by atoms with Gasteiger partial charge in [0.05, 0.1) is 19.2 Å². The summed E-state index contributed by atoms with van der Waals surface area (Å²) in [6.45, 7) is 0. The lowest BCUT2D eigenvalue weighted by molar-refractivity contribution is -0.120. The van der Waals surface area contributed by atoms with E-state index in [1.54, 1.807) is 19.2 Å². The summed E-state index contributed by atoms with van der Waals surface area (Å²) in [7, 11) is 3.42. The van der Waals surface area contributed by atoms with Crippen molar-refractivity contribution in [3.63, 3.8) is 0 Å². The minimum Gasteiger partial charge on any atom is -0.497 e. The highest BCUT2D eigenvalue weighted by molar-refractivity contribution is 5.80. The lowest BCUT2D eigenvalue weighted by Crippen LogP contribution is -2.40. The van der Waals surface area contributed by atoms with E-state index < -0.39 is 0 Å². The van der Waals surface area contributed by atoms with Crippen LogP contribution in [0.3, 0.4) is 0 Å². The predicted octanol–water partition coefficient (Wildman–Crippen LogP) is 2.41. The zero-order chi connectivity index (χ0) is 14.4. The maximum atomic E-state index is 12.0. The molecule has 0 fully saturated rings. The molecule has 0 saturated carbocycles. The molecule has 0 radical (unpaired) electrons. The van der Waals surface area contributed by atoms with Crippen molar-refractivity contribution in [2.24, 2.45) is 0 Å². The van der Waals surface area contributed by atoms with Gasteiger partial charge in [-0.1, -0.05) is 36.4 Å². The zero-order valence-electron chi connectivity index (χ0n) is 11.7. The number of methoxy groups -OCH3 is 1. The van der Waals surface area contributed by atoms with Gasteiger partial charge in [0.1, 0.15) is 5.75 Å². The third kappa shape index (κ3) is 3.75. The molecule has 1 amide bonds. The molecular formula is C16H18N2O2. The van der Waals surface area contributed by atoms with Crippen molar-refractivity contribution in [3.05, 3.63) is 60.2 Å². The highest BCUT2D eigenvalue weighted by atomic mass is 16.5. The second-order valence-electron chi connectivity index (χ2n) is 4.46. The van der Waals surface area contributed by atoms with Gasteiger partial charge < -0.3 is 4.74 Å². The summed E-state index contributed by atoms with van der Waals surface area (Å²) in [6.07, 6.45) is 0.356. The number of hydrogen-bond acceptors (Lipinski definition) is 3. The molecule has 0 aromatic heterocycles. The van der Waals surface area contributed by atoms with Gasteiger partial charge in [-0.25, -0.2) is 0 Å². The molecule has 2 rings (SSSR count). The van der Waals surface area contributed by atoms with E-state index in [4.69, 9.17) is 4.74 Å². The number of nitrogens with zero attached hydrogens (tertiary/aromatic N) is 1. The molecular weight excluding hydrogens is 252 g/mol. The first-order valence-electron chi connectivity index (χ1n) is 6.40. The van der Waals surface area contributed by atoms with Gasteiger partial charge in [0.15, 0.2) is 0 Å². The first kappa shape index (κ1) is 13.9. The van der Waals surface area contributed by atoms with E-state index in [0.29, 0.717) is 6.42 Å². The van der Waals surface area contributed by atoms with Crippen LogP contribution in [0.5, 0.6) is 5.75 Å². The molecule has 0 spiro atoms. The molecule has 4 heteroatoms. The van der Waals surface area contributed by atoms with Crippen LogP contribution in [0.2, 0.25) is 0 Å². The average Bonchev–Trinajstić information content (AvgIpc) is 2.48. The fourth-order valence-corrected chi connectivity index (χ4v) is 1.89. The van der Waals surface area contributed by atoms with E-state index in [1.807, 2.05) is 54.6 Å². The molecule has 0 aliphatic heterocycles. The van der Waals surface area contributed by atoms with E-state index in [1.165, 1.54) is 0 Å². The molecule has 1 N–H and O–H groups in total. The Hall–Kier alpha value is -2.49. The number of hydrazine groups is 1. The Balaban J connectivity index is 1.96. The lowest BCUT2D eigenvalue weighted by Gasteiger charge is -2.20. The van der Waals surface area contributed by atoms with Gasteiger partial charge in [0, 0.05) is 13.1 Å². The maximum Gasteiger partial charge on any atom is 0.242 e. The van der Waals surface area contributed by atoms with Crippen LogP contribution in [0, 0.1) is 0 Å². The van der Waals surface area contributed by atoms with Crippen LogP contribution >= 0.6 is 0 Å². The van der Waals surface area contributed by atoms with E-state index >= 15 is 0 Å². The zero-order valence-corrected chi connectivity index (χ0v) is 11.7. The van der Waals surface area contributed by atoms with Crippen LogP contribution in [0.25, 0.3) is 0 Å². The van der Waals surface area contributed by atoms with Gasteiger partial charge in [0.25, 0.3) is 0 Å². The Morgan fingerprint density at radius 2 is 1.90 bits per heavy atom. The van der Waals surface area contributed by atoms with Crippen LogP contribution in [0.4, 0.5) is 5.69 Å². The predicted molar refractivity (Wildman–Crippen MR) is 79.7 cm³/mol. The fourth-order valence-electron chi connectivity index (χ4n) is 1.89. The second-order valence-corrected chi connectivity index (χ2v) is 4.46. The molecule has 0 atom stereocenters. The van der Waals surface area contributed by atoms with Crippen LogP contribution in [-0.4, -0.2) is 20.1 Å². The molecule has 104 valence electrons. The molecule has 0 bridgehead atoms. The normalized spacial score (nSPS) is 9.90. The number of nitrogens with one attached hydrogen (secondary N) is 1. The van der Waals surface area contributed by atoms with Gasteiger partial charge in [-0.05, 0) is 17.7 Å². The molecule has 20 heavy (non-hydrogen) atoms. The SMILES string of the molecule is COc1cccc(N(C)NC(=O)Cc2ccccc2)c1. The summed E-state index contributed by atoms with van der Waals surface area (Å²) in [5, 5.41) is 1.69. The van der Waals surface area contributed by atoms with Crippen molar-refractivity contribution in [2.75, 3.05) is 19.2 Å². The number of anilines is 1. The largest absolute Gasteiger partial charge is 0.497 e. The molecule has 0 unspecified atom stereocenters. The molecule has 2 aromatic carbocycles. The third-order valence-electron chi connectivity index (χ3n) is 2.94. The van der Waals surface area contributed by atoms with Crippen molar-refractivity contribution in [2.45, 2.75) is 6.42 Å². The summed E-state index contributed by atoms with van der Waals surface area (Å²) in [6, 6.07) is 17.2. The van der Waals surface area contributed by atoms with Gasteiger partial charge in [-0.3, -0.25) is 15.2 Å².